The number of likely N-dealkylation sites (tertiary alicyclic amines) is 1. The summed E-state index contributed by atoms with van der Waals surface area (Å²) in [4.78, 5) is 26.8. The highest BCUT2D eigenvalue weighted by Gasteiger charge is 2.37. The van der Waals surface area contributed by atoms with Gasteiger partial charge in [-0.25, -0.2) is 5.21 Å². The molecule has 1 aromatic heterocycles. The van der Waals surface area contributed by atoms with E-state index in [2.05, 4.69) is 0 Å². The number of piperidine rings is 1. The number of pyridine rings is 1. The topological polar surface area (TPSA) is 99.3 Å². The molecule has 2 bridgehead atoms. The number of carbonyl (C=O) groups excluding carboxylic acids is 1. The second-order valence-corrected chi connectivity index (χ2v) is 7.09. The van der Waals surface area contributed by atoms with Crippen LogP contribution in [0.15, 0.2) is 47.3 Å². The van der Waals surface area contributed by atoms with E-state index in [1.54, 1.807) is 27.7 Å². The molecule has 0 spiro atoms. The molecule has 2 aliphatic rings. The highest BCUT2D eigenvalue weighted by atomic mass is 16.8. The zero-order valence-corrected chi connectivity index (χ0v) is 14.7. The summed E-state index contributed by atoms with van der Waals surface area (Å²) in [7, 11) is 0. The van der Waals surface area contributed by atoms with Crippen molar-refractivity contribution >= 4 is 11.6 Å². The number of nitrogens with zero attached hydrogens (tertiary/aromatic N) is 2. The fraction of sp³-hybridized carbons (Fsp3) is 0.368. The molecule has 1 aromatic carbocycles. The van der Waals surface area contributed by atoms with Crippen LogP contribution in [0, 0.1) is 11.1 Å². The maximum absolute atomic E-state index is 12.6. The van der Waals surface area contributed by atoms with Crippen LogP contribution in [0.5, 0.6) is 5.75 Å². The molecular formula is C19H21N3O5. The third-order valence-corrected chi connectivity index (χ3v) is 5.29. The number of quaternary nitrogens is 1. The van der Waals surface area contributed by atoms with Crippen molar-refractivity contribution in [2.24, 2.45) is 5.92 Å². The summed E-state index contributed by atoms with van der Waals surface area (Å²) in [6.07, 6.45) is 0.898. The van der Waals surface area contributed by atoms with Crippen LogP contribution in [0.3, 0.4) is 0 Å². The lowest BCUT2D eigenvalue weighted by Crippen LogP contribution is -3.00. The molecule has 3 atom stereocenters. The third kappa shape index (κ3) is 3.46. The number of amides is 1. The minimum Gasteiger partial charge on any atom is -0.595 e. The van der Waals surface area contributed by atoms with Gasteiger partial charge in [-0.2, -0.15) is 5.23 Å². The highest BCUT2D eigenvalue weighted by molar-refractivity contribution is 5.78. The van der Waals surface area contributed by atoms with E-state index < -0.39 is 10.8 Å². The lowest BCUT2D eigenvalue weighted by atomic mass is 9.83. The van der Waals surface area contributed by atoms with Crippen molar-refractivity contribution < 1.29 is 20.0 Å². The number of aromatic nitrogens is 1. The van der Waals surface area contributed by atoms with Gasteiger partial charge in [0.05, 0.1) is 0 Å². The minimum atomic E-state index is -1.21. The van der Waals surface area contributed by atoms with Crippen LogP contribution in [0.1, 0.15) is 18.0 Å². The predicted octanol–water partition coefficient (Wildman–Crippen LogP) is 0.276. The van der Waals surface area contributed by atoms with Gasteiger partial charge in [0, 0.05) is 37.3 Å². The van der Waals surface area contributed by atoms with E-state index in [0.717, 1.165) is 12.1 Å². The average Bonchev–Trinajstić information content (AvgIpc) is 2.67. The van der Waals surface area contributed by atoms with Crippen LogP contribution in [-0.4, -0.2) is 40.3 Å². The van der Waals surface area contributed by atoms with E-state index in [1.807, 2.05) is 18.2 Å². The minimum absolute atomic E-state index is 0.0196. The van der Waals surface area contributed by atoms with Gasteiger partial charge >= 0.3 is 5.56 Å². The Morgan fingerprint density at radius 3 is 2.70 bits per heavy atom. The van der Waals surface area contributed by atoms with Crippen molar-refractivity contribution in [1.29, 1.82) is 0 Å². The lowest BCUT2D eigenvalue weighted by Gasteiger charge is -2.42. The summed E-state index contributed by atoms with van der Waals surface area (Å²) in [6, 6.07) is 12.3. The zero-order valence-electron chi connectivity index (χ0n) is 14.7. The van der Waals surface area contributed by atoms with Crippen molar-refractivity contribution in [2.45, 2.75) is 18.9 Å². The zero-order chi connectivity index (χ0) is 19.0. The van der Waals surface area contributed by atoms with Crippen LogP contribution in [0.2, 0.25) is 0 Å². The van der Waals surface area contributed by atoms with Crippen LogP contribution >= 0.6 is 0 Å². The Hall–Kier alpha value is -2.68. The molecule has 142 valence electrons. The van der Waals surface area contributed by atoms with Gasteiger partial charge in [-0.3, -0.25) is 9.59 Å². The molecule has 1 fully saturated rings. The Morgan fingerprint density at radius 1 is 1.19 bits per heavy atom. The normalized spacial score (nSPS) is 22.1. The van der Waals surface area contributed by atoms with Crippen LogP contribution < -0.4 is 15.5 Å². The maximum atomic E-state index is 12.6. The fourth-order valence-electron chi connectivity index (χ4n) is 4.07. The number of hydrogen-bond donors (Lipinski definition) is 2. The first-order valence-electron chi connectivity index (χ1n) is 8.95. The van der Waals surface area contributed by atoms with Gasteiger partial charge in [-0.1, -0.05) is 18.2 Å². The first-order valence-corrected chi connectivity index (χ1v) is 8.95. The van der Waals surface area contributed by atoms with Gasteiger partial charge in [0.2, 0.25) is 5.69 Å². The number of ether oxygens (including phenoxy) is 1. The quantitative estimate of drug-likeness (QED) is 0.752. The molecule has 27 heavy (non-hydrogen) atoms. The van der Waals surface area contributed by atoms with E-state index in [9.17, 15) is 14.8 Å². The molecule has 3 heterocycles. The summed E-state index contributed by atoms with van der Waals surface area (Å²) in [5, 5.41) is 19.2. The van der Waals surface area contributed by atoms with Crippen LogP contribution in [0.4, 0.5) is 5.69 Å². The Bertz CT molecular complexity index is 896. The average molecular weight is 371 g/mol. The Morgan fingerprint density at radius 2 is 1.96 bits per heavy atom. The van der Waals surface area contributed by atoms with E-state index in [-0.39, 0.29) is 30.0 Å². The number of hydrogen-bond acceptors (Lipinski definition) is 5. The predicted molar refractivity (Wildman–Crippen MR) is 95.8 cm³/mol. The standard InChI is InChI=1S/C19H21N3O5/c23-18(12-27-15-4-2-1-3-5-15)20-9-13-8-14(11-20)16-6-7-17(22(25)26)19(24)21(16)10-13/h1-7,13-14,22,25H,8-12H2. The summed E-state index contributed by atoms with van der Waals surface area (Å²) < 4.78 is 7.14. The molecule has 1 amide bonds. The Labute approximate surface area is 155 Å². The maximum Gasteiger partial charge on any atom is 0.315 e. The molecule has 0 radical (unpaired) electrons. The third-order valence-electron chi connectivity index (χ3n) is 5.29. The first-order chi connectivity index (χ1) is 13.0. The van der Waals surface area contributed by atoms with Crippen molar-refractivity contribution in [2.75, 3.05) is 19.7 Å². The summed E-state index contributed by atoms with van der Waals surface area (Å²) in [5.41, 5.74) is 0.146. The van der Waals surface area contributed by atoms with E-state index in [0.29, 0.717) is 25.4 Å². The molecule has 3 unspecified atom stereocenters. The van der Waals surface area contributed by atoms with E-state index >= 15 is 0 Å². The Balaban J connectivity index is 1.49. The smallest absolute Gasteiger partial charge is 0.315 e. The molecule has 4 rings (SSSR count). The number of rotatable bonds is 4. The lowest BCUT2D eigenvalue weighted by molar-refractivity contribution is -0.992. The first kappa shape index (κ1) is 17.7. The van der Waals surface area contributed by atoms with Crippen molar-refractivity contribution in [3.05, 3.63) is 63.7 Å². The Kier molecular flexibility index (Phi) is 4.69. The largest absolute Gasteiger partial charge is 0.595 e. The molecule has 8 nitrogen and oxygen atoms in total. The number of benzene rings is 1. The summed E-state index contributed by atoms with van der Waals surface area (Å²) in [6.45, 7) is 1.49. The van der Waals surface area contributed by atoms with Gasteiger partial charge in [-0.15, -0.1) is 0 Å². The van der Waals surface area contributed by atoms with Crippen molar-refractivity contribution in [3.63, 3.8) is 0 Å². The van der Waals surface area contributed by atoms with Crippen LogP contribution in [-0.2, 0) is 11.3 Å². The van der Waals surface area contributed by atoms with Crippen molar-refractivity contribution in [1.82, 2.24) is 9.47 Å². The highest BCUT2D eigenvalue weighted by Crippen LogP contribution is 2.35. The van der Waals surface area contributed by atoms with Gasteiger partial charge in [-0.05, 0) is 30.5 Å². The van der Waals surface area contributed by atoms with E-state index in [4.69, 9.17) is 9.94 Å². The fourth-order valence-corrected chi connectivity index (χ4v) is 4.07. The van der Waals surface area contributed by atoms with Gasteiger partial charge in [0.25, 0.3) is 5.91 Å². The van der Waals surface area contributed by atoms with Crippen LogP contribution in [0.25, 0.3) is 0 Å². The molecule has 2 N–H and O–H groups in total. The number of fused-ring (bicyclic) bond motifs is 4. The second kappa shape index (κ2) is 7.15. The summed E-state index contributed by atoms with van der Waals surface area (Å²) in [5.74, 6) is 0.750. The molecular weight excluding hydrogens is 350 g/mol. The van der Waals surface area contributed by atoms with Gasteiger partial charge in [0.1, 0.15) is 5.75 Å². The van der Waals surface area contributed by atoms with E-state index in [1.165, 1.54) is 6.07 Å². The van der Waals surface area contributed by atoms with Gasteiger partial charge < -0.3 is 19.4 Å². The second-order valence-electron chi connectivity index (χ2n) is 7.09. The SMILES string of the molecule is O=C(COc1ccccc1)N1CC2CC(C1)c1ccc([NH+]([O-])O)c(=O)n1C2. The molecule has 0 aliphatic carbocycles. The monoisotopic (exact) mass is 371 g/mol. The number of para-hydroxylation sites is 1. The number of nitrogens with one attached hydrogen (secondary N) is 1. The number of carbonyl (C=O) groups is 1. The molecule has 2 aliphatic heterocycles. The molecule has 1 saturated heterocycles. The molecule has 0 saturated carbocycles. The van der Waals surface area contributed by atoms with Crippen molar-refractivity contribution in [3.8, 4) is 5.75 Å². The van der Waals surface area contributed by atoms with Gasteiger partial charge in [0.15, 0.2) is 6.61 Å². The molecule has 2 aromatic rings. The molecule has 8 heteroatoms. The summed E-state index contributed by atoms with van der Waals surface area (Å²) >= 11 is 0.